The number of benzene rings is 2. The Bertz CT molecular complexity index is 990. The Morgan fingerprint density at radius 1 is 1.22 bits per heavy atom. The molecule has 1 aliphatic rings. The number of hydrogen-bond donors (Lipinski definition) is 0. The molecule has 0 bridgehead atoms. The van der Waals surface area contributed by atoms with Crippen LogP contribution in [0.25, 0.3) is 11.1 Å². The first-order valence-electron chi connectivity index (χ1n) is 9.05. The average Bonchev–Trinajstić information content (AvgIpc) is 3.10. The molecule has 5 nitrogen and oxygen atoms in total. The van der Waals surface area contributed by atoms with Gasteiger partial charge in [-0.1, -0.05) is 23.2 Å². The van der Waals surface area contributed by atoms with E-state index >= 15 is 0 Å². The van der Waals surface area contributed by atoms with Gasteiger partial charge in [0.15, 0.2) is 11.5 Å². The predicted molar refractivity (Wildman–Crippen MR) is 105 cm³/mol. The van der Waals surface area contributed by atoms with Gasteiger partial charge < -0.3 is 14.1 Å². The SMILES string of the molecule is COc1ccc(C)cc1C(=O)N1CCC(c2nc3cc(Cl)ccc3o2)CC1. The number of carbonyl (C=O) groups excluding carboxylic acids is 1. The fourth-order valence-corrected chi connectivity index (χ4v) is 3.75. The number of nitrogens with zero attached hydrogens (tertiary/aromatic N) is 2. The van der Waals surface area contributed by atoms with Gasteiger partial charge in [-0.25, -0.2) is 4.98 Å². The summed E-state index contributed by atoms with van der Waals surface area (Å²) in [5.74, 6) is 1.56. The number of aromatic nitrogens is 1. The Kier molecular flexibility index (Phi) is 4.79. The number of methoxy groups -OCH3 is 1. The predicted octanol–water partition coefficient (Wildman–Crippen LogP) is 4.82. The highest BCUT2D eigenvalue weighted by Gasteiger charge is 2.28. The van der Waals surface area contributed by atoms with Gasteiger partial charge in [0.1, 0.15) is 11.3 Å². The maximum atomic E-state index is 12.9. The van der Waals surface area contributed by atoms with E-state index in [-0.39, 0.29) is 11.8 Å². The molecule has 1 aliphatic heterocycles. The Morgan fingerprint density at radius 3 is 2.74 bits per heavy atom. The molecule has 0 unspecified atom stereocenters. The second kappa shape index (κ2) is 7.24. The largest absolute Gasteiger partial charge is 0.496 e. The third-order valence-corrected chi connectivity index (χ3v) is 5.32. The number of amides is 1. The number of fused-ring (bicyclic) bond motifs is 1. The van der Waals surface area contributed by atoms with E-state index < -0.39 is 0 Å². The normalized spacial score (nSPS) is 15.3. The molecule has 27 heavy (non-hydrogen) atoms. The van der Waals surface area contributed by atoms with Crippen molar-refractivity contribution in [3.63, 3.8) is 0 Å². The first-order chi connectivity index (χ1) is 13.0. The number of oxazole rings is 1. The number of likely N-dealkylation sites (tertiary alicyclic amines) is 1. The Morgan fingerprint density at radius 2 is 2.00 bits per heavy atom. The van der Waals surface area contributed by atoms with Crippen molar-refractivity contribution >= 4 is 28.6 Å². The van der Waals surface area contributed by atoms with E-state index in [4.69, 9.17) is 20.8 Å². The highest BCUT2D eigenvalue weighted by atomic mass is 35.5. The lowest BCUT2D eigenvalue weighted by atomic mass is 9.96. The molecule has 1 aromatic heterocycles. The van der Waals surface area contributed by atoms with Crippen LogP contribution in [0, 0.1) is 6.92 Å². The van der Waals surface area contributed by atoms with E-state index in [9.17, 15) is 4.79 Å². The fraction of sp³-hybridized carbons (Fsp3) is 0.333. The van der Waals surface area contributed by atoms with Crippen molar-refractivity contribution in [2.75, 3.05) is 20.2 Å². The highest BCUT2D eigenvalue weighted by molar-refractivity contribution is 6.31. The van der Waals surface area contributed by atoms with Crippen molar-refractivity contribution in [3.8, 4) is 5.75 Å². The van der Waals surface area contributed by atoms with E-state index in [1.54, 1.807) is 13.2 Å². The lowest BCUT2D eigenvalue weighted by Gasteiger charge is -2.31. The molecular weight excluding hydrogens is 364 g/mol. The van der Waals surface area contributed by atoms with Crippen LogP contribution >= 0.6 is 11.6 Å². The molecule has 0 saturated carbocycles. The number of aryl methyl sites for hydroxylation is 1. The molecule has 4 rings (SSSR count). The van der Waals surface area contributed by atoms with E-state index in [0.29, 0.717) is 29.4 Å². The van der Waals surface area contributed by atoms with Gasteiger partial charge in [-0.15, -0.1) is 0 Å². The second-order valence-electron chi connectivity index (χ2n) is 6.93. The third kappa shape index (κ3) is 3.52. The van der Waals surface area contributed by atoms with E-state index in [1.807, 2.05) is 42.2 Å². The molecule has 0 aliphatic carbocycles. The number of piperidine rings is 1. The molecule has 1 amide bonds. The van der Waals surface area contributed by atoms with Crippen molar-refractivity contribution < 1.29 is 13.9 Å². The van der Waals surface area contributed by atoms with Crippen LogP contribution in [0.3, 0.4) is 0 Å². The summed E-state index contributed by atoms with van der Waals surface area (Å²) in [6, 6.07) is 11.1. The number of ether oxygens (including phenoxy) is 1. The second-order valence-corrected chi connectivity index (χ2v) is 7.37. The van der Waals surface area contributed by atoms with Gasteiger partial charge in [0.2, 0.25) is 0 Å². The number of hydrogen-bond acceptors (Lipinski definition) is 4. The van der Waals surface area contributed by atoms with Crippen LogP contribution in [0.15, 0.2) is 40.8 Å². The molecular formula is C21H21ClN2O3. The Hall–Kier alpha value is -2.53. The van der Waals surface area contributed by atoms with Crippen molar-refractivity contribution in [1.29, 1.82) is 0 Å². The minimum absolute atomic E-state index is 0.0124. The minimum atomic E-state index is 0.0124. The maximum Gasteiger partial charge on any atom is 0.257 e. The van der Waals surface area contributed by atoms with Crippen LogP contribution in [0.2, 0.25) is 5.02 Å². The van der Waals surface area contributed by atoms with Crippen LogP contribution < -0.4 is 4.74 Å². The van der Waals surface area contributed by atoms with Gasteiger partial charge in [0, 0.05) is 24.0 Å². The molecule has 140 valence electrons. The molecule has 1 fully saturated rings. The van der Waals surface area contributed by atoms with Crippen LogP contribution in [0.1, 0.15) is 40.6 Å². The van der Waals surface area contributed by atoms with Gasteiger partial charge >= 0.3 is 0 Å². The summed E-state index contributed by atoms with van der Waals surface area (Å²) in [4.78, 5) is 19.4. The van der Waals surface area contributed by atoms with Crippen molar-refractivity contribution in [1.82, 2.24) is 9.88 Å². The molecule has 1 saturated heterocycles. The number of carbonyl (C=O) groups is 1. The summed E-state index contributed by atoms with van der Waals surface area (Å²) in [6.45, 7) is 3.31. The standard InChI is InChI=1S/C21H21ClN2O3/c1-13-3-5-18(26-2)16(11-13)21(25)24-9-7-14(8-10-24)20-23-17-12-15(22)4-6-19(17)27-20/h3-6,11-12,14H,7-10H2,1-2H3. The van der Waals surface area contributed by atoms with Gasteiger partial charge in [-0.3, -0.25) is 4.79 Å². The molecule has 2 heterocycles. The summed E-state index contributed by atoms with van der Waals surface area (Å²) >= 11 is 6.03. The Labute approximate surface area is 162 Å². The summed E-state index contributed by atoms with van der Waals surface area (Å²) in [6.07, 6.45) is 1.64. The lowest BCUT2D eigenvalue weighted by molar-refractivity contribution is 0.0703. The minimum Gasteiger partial charge on any atom is -0.496 e. The zero-order valence-corrected chi connectivity index (χ0v) is 16.1. The van der Waals surface area contributed by atoms with Crippen LogP contribution in [0.4, 0.5) is 0 Å². The summed E-state index contributed by atoms with van der Waals surface area (Å²) < 4.78 is 11.3. The molecule has 2 aromatic carbocycles. The number of rotatable bonds is 3. The van der Waals surface area contributed by atoms with E-state index in [1.165, 1.54) is 0 Å². The summed E-state index contributed by atoms with van der Waals surface area (Å²) in [5.41, 5.74) is 3.18. The highest BCUT2D eigenvalue weighted by Crippen LogP contribution is 2.32. The molecule has 6 heteroatoms. The first kappa shape index (κ1) is 17.9. The monoisotopic (exact) mass is 384 g/mol. The van der Waals surface area contributed by atoms with Crippen molar-refractivity contribution in [2.45, 2.75) is 25.7 Å². The zero-order valence-electron chi connectivity index (χ0n) is 15.4. The molecule has 0 spiro atoms. The van der Waals surface area contributed by atoms with E-state index in [0.717, 1.165) is 35.4 Å². The van der Waals surface area contributed by atoms with Crippen LogP contribution in [-0.2, 0) is 0 Å². The van der Waals surface area contributed by atoms with Crippen molar-refractivity contribution in [2.24, 2.45) is 0 Å². The average molecular weight is 385 g/mol. The lowest BCUT2D eigenvalue weighted by Crippen LogP contribution is -2.38. The fourth-order valence-electron chi connectivity index (χ4n) is 3.58. The smallest absolute Gasteiger partial charge is 0.257 e. The summed E-state index contributed by atoms with van der Waals surface area (Å²) in [5, 5.41) is 0.648. The van der Waals surface area contributed by atoms with Gasteiger partial charge in [-0.05, 0) is 50.1 Å². The molecule has 0 N–H and O–H groups in total. The quantitative estimate of drug-likeness (QED) is 0.649. The number of halogens is 1. The Balaban J connectivity index is 1.48. The van der Waals surface area contributed by atoms with Gasteiger partial charge in [0.25, 0.3) is 5.91 Å². The summed E-state index contributed by atoms with van der Waals surface area (Å²) in [7, 11) is 1.59. The molecule has 0 radical (unpaired) electrons. The molecule has 3 aromatic rings. The zero-order chi connectivity index (χ0) is 19.0. The van der Waals surface area contributed by atoms with Crippen molar-refractivity contribution in [3.05, 3.63) is 58.4 Å². The third-order valence-electron chi connectivity index (χ3n) is 5.08. The van der Waals surface area contributed by atoms with Crippen LogP contribution in [0.5, 0.6) is 5.75 Å². The maximum absolute atomic E-state index is 12.9. The van der Waals surface area contributed by atoms with Gasteiger partial charge in [-0.2, -0.15) is 0 Å². The van der Waals surface area contributed by atoms with Gasteiger partial charge in [0.05, 0.1) is 12.7 Å². The molecule has 0 atom stereocenters. The van der Waals surface area contributed by atoms with E-state index in [2.05, 4.69) is 4.98 Å². The topological polar surface area (TPSA) is 55.6 Å². The van der Waals surface area contributed by atoms with Crippen LogP contribution in [-0.4, -0.2) is 36.0 Å². The first-order valence-corrected chi connectivity index (χ1v) is 9.43.